The second kappa shape index (κ2) is 21.7. The van der Waals surface area contributed by atoms with Gasteiger partial charge in [0.05, 0.1) is 36.6 Å². The van der Waals surface area contributed by atoms with Crippen molar-refractivity contribution in [3.63, 3.8) is 0 Å². The molecule has 1 unspecified atom stereocenters. The number of aliphatic hydroxyl groups excluding tert-OH is 2. The van der Waals surface area contributed by atoms with Gasteiger partial charge in [-0.2, -0.15) is 0 Å². The van der Waals surface area contributed by atoms with Crippen LogP contribution in [-0.4, -0.2) is 58.9 Å². The Morgan fingerprint density at radius 1 is 0.651 bits per heavy atom. The van der Waals surface area contributed by atoms with Crippen LogP contribution in [0.3, 0.4) is 0 Å². The van der Waals surface area contributed by atoms with Crippen molar-refractivity contribution in [3.05, 3.63) is 11.6 Å². The lowest BCUT2D eigenvalue weighted by Gasteiger charge is -2.24. The van der Waals surface area contributed by atoms with Crippen molar-refractivity contribution >= 4 is 5.97 Å². The molecule has 2 N–H and O–H groups in total. The van der Waals surface area contributed by atoms with Crippen molar-refractivity contribution in [2.75, 3.05) is 0 Å². The average Bonchev–Trinajstić information content (AvgIpc) is 3.75. The summed E-state index contributed by atoms with van der Waals surface area (Å²) in [5.74, 6) is -0.118. The summed E-state index contributed by atoms with van der Waals surface area (Å²) in [5.41, 5.74) is 0.869. The van der Waals surface area contributed by atoms with Gasteiger partial charge in [0, 0.05) is 5.57 Å². The van der Waals surface area contributed by atoms with Crippen LogP contribution >= 0.6 is 0 Å². The second-order valence-electron chi connectivity index (χ2n) is 13.9. The molecule has 0 aromatic heterocycles. The van der Waals surface area contributed by atoms with Gasteiger partial charge in [-0.15, -0.1) is 0 Å². The predicted octanol–water partition coefficient (Wildman–Crippen LogP) is 8.89. The number of carbonyl (C=O) groups is 1. The molecule has 6 nitrogen and oxygen atoms in total. The third-order valence-corrected chi connectivity index (χ3v) is 9.98. The predicted molar refractivity (Wildman–Crippen MR) is 174 cm³/mol. The molecule has 7 atom stereocenters. The van der Waals surface area contributed by atoms with Crippen molar-refractivity contribution in [2.45, 2.75) is 217 Å². The smallest absolute Gasteiger partial charge is 0.334 e. The van der Waals surface area contributed by atoms with E-state index in [0.29, 0.717) is 0 Å². The van der Waals surface area contributed by atoms with Crippen LogP contribution in [0.1, 0.15) is 174 Å². The van der Waals surface area contributed by atoms with E-state index in [1.54, 1.807) is 0 Å². The van der Waals surface area contributed by atoms with Gasteiger partial charge >= 0.3 is 5.97 Å². The maximum absolute atomic E-state index is 11.6. The van der Waals surface area contributed by atoms with Gasteiger partial charge < -0.3 is 24.4 Å². The first-order valence-electron chi connectivity index (χ1n) is 18.6. The minimum atomic E-state index is -0.375. The summed E-state index contributed by atoms with van der Waals surface area (Å²) >= 11 is 0. The third-order valence-electron chi connectivity index (χ3n) is 9.98. The Hall–Kier alpha value is -0.950. The van der Waals surface area contributed by atoms with E-state index >= 15 is 0 Å². The summed E-state index contributed by atoms with van der Waals surface area (Å²) in [5, 5.41) is 21.4. The van der Waals surface area contributed by atoms with Crippen molar-refractivity contribution < 1.29 is 29.2 Å². The zero-order valence-electron chi connectivity index (χ0n) is 27.8. The highest BCUT2D eigenvalue weighted by Gasteiger charge is 2.40. The standard InChI is InChI=1S/C37H66O6/c1-3-4-5-6-7-13-16-19-22-31(38)33-24-26-35(42-33)36-27-25-34(43-36)32(39)23-20-17-14-11-9-8-10-12-15-18-21-30-28-29(2)41-37(30)40/h28-29,31-36,38-39H,3-27H2,1-2H3/t29?,31-,32-,33+,34+,35+,36+/m0/s1. The lowest BCUT2D eigenvalue weighted by molar-refractivity contribution is -0.139. The molecule has 0 aliphatic carbocycles. The first kappa shape index (κ1) is 36.5. The number of carbonyl (C=O) groups excluding carboxylic acids is 1. The van der Waals surface area contributed by atoms with Crippen LogP contribution in [0.15, 0.2) is 11.6 Å². The normalized spacial score (nSPS) is 27.0. The number of unbranched alkanes of at least 4 members (excludes halogenated alkanes) is 16. The molecule has 0 aromatic rings. The second-order valence-corrected chi connectivity index (χ2v) is 13.9. The fourth-order valence-corrected chi connectivity index (χ4v) is 7.25. The number of esters is 1. The number of ether oxygens (including phenoxy) is 3. The molecule has 0 radical (unpaired) electrons. The molecule has 250 valence electrons. The molecule has 0 bridgehead atoms. The number of rotatable bonds is 25. The Morgan fingerprint density at radius 3 is 1.49 bits per heavy atom. The molecular weight excluding hydrogens is 540 g/mol. The van der Waals surface area contributed by atoms with Crippen molar-refractivity contribution in [1.29, 1.82) is 0 Å². The zero-order valence-corrected chi connectivity index (χ0v) is 27.8. The van der Waals surface area contributed by atoms with Crippen molar-refractivity contribution in [3.8, 4) is 0 Å². The van der Waals surface area contributed by atoms with E-state index in [9.17, 15) is 15.0 Å². The molecule has 0 spiro atoms. The van der Waals surface area contributed by atoms with E-state index in [1.165, 1.54) is 96.3 Å². The lowest BCUT2D eigenvalue weighted by atomic mass is 10.0. The highest BCUT2D eigenvalue weighted by molar-refractivity contribution is 5.90. The van der Waals surface area contributed by atoms with Crippen LogP contribution in [0.2, 0.25) is 0 Å². The minimum Gasteiger partial charge on any atom is -0.455 e. The molecule has 3 heterocycles. The fourth-order valence-electron chi connectivity index (χ4n) is 7.25. The van der Waals surface area contributed by atoms with Crippen LogP contribution in [0.4, 0.5) is 0 Å². The quantitative estimate of drug-likeness (QED) is 0.0797. The van der Waals surface area contributed by atoms with E-state index in [4.69, 9.17) is 14.2 Å². The molecule has 0 amide bonds. The number of aliphatic hydroxyl groups is 2. The van der Waals surface area contributed by atoms with Crippen LogP contribution in [0.25, 0.3) is 0 Å². The SMILES string of the molecule is CCCCCCCCCC[C@H](O)[C@H]1CC[C@H]([C@H]2CC[C@H]([C@@H](O)CCCCCCCCCCCCC3=CC(C)OC3=O)O2)O1. The molecule has 2 saturated heterocycles. The minimum absolute atomic E-state index is 0.0466. The zero-order chi connectivity index (χ0) is 30.7. The van der Waals surface area contributed by atoms with Crippen LogP contribution < -0.4 is 0 Å². The molecule has 3 aliphatic heterocycles. The highest BCUT2D eigenvalue weighted by atomic mass is 16.6. The maximum atomic E-state index is 11.6. The largest absolute Gasteiger partial charge is 0.455 e. The monoisotopic (exact) mass is 606 g/mol. The number of cyclic esters (lactones) is 1. The van der Waals surface area contributed by atoms with Crippen LogP contribution in [-0.2, 0) is 19.0 Å². The molecule has 3 aliphatic rings. The summed E-state index contributed by atoms with van der Waals surface area (Å²) < 4.78 is 17.7. The fraction of sp³-hybridized carbons (Fsp3) is 0.919. The summed E-state index contributed by atoms with van der Waals surface area (Å²) in [6.45, 7) is 4.17. The van der Waals surface area contributed by atoms with Gasteiger partial charge in [0.25, 0.3) is 0 Å². The van der Waals surface area contributed by atoms with E-state index in [-0.39, 0.29) is 48.7 Å². The topological polar surface area (TPSA) is 85.2 Å². The lowest BCUT2D eigenvalue weighted by Crippen LogP contribution is -2.33. The highest BCUT2D eigenvalue weighted by Crippen LogP contribution is 2.34. The molecule has 43 heavy (non-hydrogen) atoms. The Morgan fingerprint density at radius 2 is 1.07 bits per heavy atom. The molecule has 0 saturated carbocycles. The molecule has 0 aromatic carbocycles. The van der Waals surface area contributed by atoms with Gasteiger partial charge in [0.2, 0.25) is 0 Å². The third kappa shape index (κ3) is 14.3. The number of hydrogen-bond acceptors (Lipinski definition) is 6. The summed E-state index contributed by atoms with van der Waals surface area (Å²) in [6, 6.07) is 0. The first-order valence-corrected chi connectivity index (χ1v) is 18.6. The van der Waals surface area contributed by atoms with Gasteiger partial charge in [0.15, 0.2) is 0 Å². The van der Waals surface area contributed by atoms with Crippen molar-refractivity contribution in [2.24, 2.45) is 0 Å². The Bertz CT molecular complexity index is 768. The van der Waals surface area contributed by atoms with Gasteiger partial charge in [-0.1, -0.05) is 116 Å². The van der Waals surface area contributed by atoms with Gasteiger partial charge in [-0.3, -0.25) is 0 Å². The summed E-state index contributed by atoms with van der Waals surface area (Å²) in [7, 11) is 0. The van der Waals surface area contributed by atoms with E-state index < -0.39 is 0 Å². The van der Waals surface area contributed by atoms with E-state index in [0.717, 1.165) is 69.8 Å². The average molecular weight is 607 g/mol. The Labute approximate surface area is 263 Å². The summed E-state index contributed by atoms with van der Waals surface area (Å²) in [6.07, 6.45) is 29.9. The van der Waals surface area contributed by atoms with Gasteiger partial charge in [0.1, 0.15) is 6.10 Å². The molecular formula is C37H66O6. The molecule has 3 rings (SSSR count). The maximum Gasteiger partial charge on any atom is 0.334 e. The van der Waals surface area contributed by atoms with Crippen LogP contribution in [0, 0.1) is 0 Å². The van der Waals surface area contributed by atoms with E-state index in [1.807, 2.05) is 13.0 Å². The first-order chi connectivity index (χ1) is 21.0. The van der Waals surface area contributed by atoms with Gasteiger partial charge in [-0.05, 0) is 64.4 Å². The Balaban J connectivity index is 1.12. The molecule has 2 fully saturated rings. The van der Waals surface area contributed by atoms with Crippen LogP contribution in [0.5, 0.6) is 0 Å². The molecule has 6 heteroatoms. The number of hydrogen-bond donors (Lipinski definition) is 2. The summed E-state index contributed by atoms with van der Waals surface area (Å²) in [4.78, 5) is 11.6. The Kier molecular flexibility index (Phi) is 18.5. The van der Waals surface area contributed by atoms with Crippen molar-refractivity contribution in [1.82, 2.24) is 0 Å². The van der Waals surface area contributed by atoms with E-state index in [2.05, 4.69) is 6.92 Å². The van der Waals surface area contributed by atoms with Gasteiger partial charge in [-0.25, -0.2) is 4.79 Å².